The number of anilines is 1. The predicted molar refractivity (Wildman–Crippen MR) is 136 cm³/mol. The Balaban J connectivity index is 1.69. The first-order valence-corrected chi connectivity index (χ1v) is 11.4. The number of rotatable bonds is 10. The van der Waals surface area contributed by atoms with E-state index in [4.69, 9.17) is 0 Å². The molecule has 0 spiro atoms. The van der Waals surface area contributed by atoms with Crippen LogP contribution in [-0.4, -0.2) is 53.7 Å². The second-order valence-electron chi connectivity index (χ2n) is 8.70. The molecule has 0 unspecified atom stereocenters. The average molecular weight is 461 g/mol. The second kappa shape index (κ2) is 11.5. The van der Waals surface area contributed by atoms with Crippen LogP contribution in [-0.2, 0) is 6.42 Å². The van der Waals surface area contributed by atoms with Gasteiger partial charge in [0.25, 0.3) is 0 Å². The number of amides is 1. The van der Waals surface area contributed by atoms with Crippen LogP contribution >= 0.6 is 0 Å². The Morgan fingerprint density at radius 1 is 0.971 bits per heavy atom. The Morgan fingerprint density at radius 3 is 2.21 bits per heavy atom. The van der Waals surface area contributed by atoms with E-state index in [9.17, 15) is 19.8 Å². The smallest absolute Gasteiger partial charge is 0.407 e. The van der Waals surface area contributed by atoms with Gasteiger partial charge in [0.2, 0.25) is 0 Å². The first kappa shape index (κ1) is 25.0. The maximum atomic E-state index is 11.7. The van der Waals surface area contributed by atoms with Crippen LogP contribution in [0.3, 0.4) is 0 Å². The number of aliphatic hydroxyl groups is 1. The van der Waals surface area contributed by atoms with Gasteiger partial charge in [-0.1, -0.05) is 60.7 Å². The van der Waals surface area contributed by atoms with Gasteiger partial charge in [0.1, 0.15) is 0 Å². The molecule has 0 aliphatic heterocycles. The molecule has 0 saturated heterocycles. The monoisotopic (exact) mass is 460 g/mol. The second-order valence-corrected chi connectivity index (χ2v) is 8.70. The molecule has 34 heavy (non-hydrogen) atoms. The lowest BCUT2D eigenvalue weighted by Crippen LogP contribution is -2.35. The van der Waals surface area contributed by atoms with Crippen molar-refractivity contribution in [3.8, 4) is 11.1 Å². The lowest BCUT2D eigenvalue weighted by atomic mass is 10.00. The molecule has 0 aromatic heterocycles. The molecule has 6 heteroatoms. The Kier molecular flexibility index (Phi) is 8.44. The molecule has 0 radical (unpaired) electrons. The highest BCUT2D eigenvalue weighted by molar-refractivity contribution is 5.87. The van der Waals surface area contributed by atoms with Crippen molar-refractivity contribution < 1.29 is 19.8 Å². The molecule has 3 aromatic rings. The number of carboxylic acid groups (broad SMARTS) is 1. The third kappa shape index (κ3) is 6.23. The molecule has 0 fully saturated rings. The normalized spacial score (nSPS) is 11.8. The van der Waals surface area contributed by atoms with Gasteiger partial charge in [-0.3, -0.25) is 4.79 Å². The van der Waals surface area contributed by atoms with Gasteiger partial charge in [-0.2, -0.15) is 0 Å². The van der Waals surface area contributed by atoms with Crippen LogP contribution in [0.4, 0.5) is 10.5 Å². The van der Waals surface area contributed by atoms with Gasteiger partial charge < -0.3 is 20.0 Å². The number of carbonyl (C=O) groups is 2. The van der Waals surface area contributed by atoms with Crippen LogP contribution in [0.25, 0.3) is 11.1 Å². The van der Waals surface area contributed by atoms with Crippen molar-refractivity contribution in [2.24, 2.45) is 0 Å². The maximum Gasteiger partial charge on any atom is 0.407 e. The van der Waals surface area contributed by atoms with Crippen LogP contribution in [0.2, 0.25) is 0 Å². The molecule has 0 aliphatic rings. The van der Waals surface area contributed by atoms with Crippen LogP contribution in [0.15, 0.2) is 72.8 Å². The summed E-state index contributed by atoms with van der Waals surface area (Å²) in [5.74, 6) is 0. The van der Waals surface area contributed by atoms with Gasteiger partial charge in [0.05, 0.1) is 12.6 Å². The first-order valence-electron chi connectivity index (χ1n) is 11.4. The van der Waals surface area contributed by atoms with E-state index in [1.165, 1.54) is 4.90 Å². The van der Waals surface area contributed by atoms with Crippen LogP contribution < -0.4 is 4.90 Å². The van der Waals surface area contributed by atoms with E-state index in [0.717, 1.165) is 28.7 Å². The average Bonchev–Trinajstić information content (AvgIpc) is 2.86. The fourth-order valence-corrected chi connectivity index (χ4v) is 3.79. The van der Waals surface area contributed by atoms with Crippen LogP contribution in [0, 0.1) is 0 Å². The number of nitrogens with zero attached hydrogens (tertiary/aromatic N) is 2. The first-order chi connectivity index (χ1) is 16.3. The lowest BCUT2D eigenvalue weighted by Gasteiger charge is -2.26. The third-order valence-electron chi connectivity index (χ3n) is 6.12. The summed E-state index contributed by atoms with van der Waals surface area (Å²) in [4.78, 5) is 26.5. The van der Waals surface area contributed by atoms with E-state index in [2.05, 4.69) is 18.7 Å². The molecule has 1 amide bonds. The third-order valence-corrected chi connectivity index (χ3v) is 6.12. The lowest BCUT2D eigenvalue weighted by molar-refractivity contribution is 0.0973. The van der Waals surface area contributed by atoms with Gasteiger partial charge in [-0.15, -0.1) is 0 Å². The zero-order valence-corrected chi connectivity index (χ0v) is 19.9. The van der Waals surface area contributed by atoms with Gasteiger partial charge >= 0.3 is 6.09 Å². The fraction of sp³-hybridized carbons (Fsp3) is 0.286. The van der Waals surface area contributed by atoms with Crippen LogP contribution in [0.5, 0.6) is 0 Å². The zero-order valence-electron chi connectivity index (χ0n) is 19.9. The van der Waals surface area contributed by atoms with E-state index < -0.39 is 12.2 Å². The minimum absolute atomic E-state index is 0.0205. The molecular formula is C28H32N2O4. The fourth-order valence-electron chi connectivity index (χ4n) is 3.79. The van der Waals surface area contributed by atoms with Crippen LogP contribution in [0.1, 0.15) is 41.4 Å². The van der Waals surface area contributed by atoms with E-state index in [1.807, 2.05) is 67.7 Å². The zero-order chi connectivity index (χ0) is 24.7. The molecule has 6 nitrogen and oxygen atoms in total. The molecule has 3 aromatic carbocycles. The molecule has 2 N–H and O–H groups in total. The number of hydrogen-bond acceptors (Lipinski definition) is 4. The largest absolute Gasteiger partial charge is 0.465 e. The molecule has 0 bridgehead atoms. The molecule has 0 saturated carbocycles. The van der Waals surface area contributed by atoms with Crippen molar-refractivity contribution in [2.75, 3.05) is 25.0 Å². The van der Waals surface area contributed by atoms with Crippen molar-refractivity contribution in [3.05, 3.63) is 89.5 Å². The molecule has 178 valence electrons. The highest BCUT2D eigenvalue weighted by Crippen LogP contribution is 2.28. The van der Waals surface area contributed by atoms with E-state index in [-0.39, 0.29) is 19.1 Å². The number of benzene rings is 3. The molecule has 3 rings (SSSR count). The van der Waals surface area contributed by atoms with Gasteiger partial charge in [0.15, 0.2) is 6.29 Å². The Morgan fingerprint density at radius 2 is 1.62 bits per heavy atom. The summed E-state index contributed by atoms with van der Waals surface area (Å²) in [6.45, 7) is 4.47. The topological polar surface area (TPSA) is 81.1 Å². The summed E-state index contributed by atoms with van der Waals surface area (Å²) >= 11 is 0. The predicted octanol–water partition coefficient (Wildman–Crippen LogP) is 5.27. The summed E-state index contributed by atoms with van der Waals surface area (Å²) in [5.41, 5.74) is 5.28. The number of aldehydes is 1. The molecule has 0 aliphatic carbocycles. The van der Waals surface area contributed by atoms with Crippen molar-refractivity contribution in [2.45, 2.75) is 32.4 Å². The number of aliphatic hydroxyl groups excluding tert-OH is 1. The van der Waals surface area contributed by atoms with Crippen molar-refractivity contribution >= 4 is 18.1 Å². The molecular weight excluding hydrogens is 428 g/mol. The Hall–Kier alpha value is -3.64. The van der Waals surface area contributed by atoms with Gasteiger partial charge in [-0.25, -0.2) is 4.79 Å². The number of carbonyl (C=O) groups excluding carboxylic acids is 1. The Bertz CT molecular complexity index is 1100. The van der Waals surface area contributed by atoms with Crippen molar-refractivity contribution in [3.63, 3.8) is 0 Å². The minimum atomic E-state index is -1.05. The van der Waals surface area contributed by atoms with E-state index in [0.29, 0.717) is 17.5 Å². The highest BCUT2D eigenvalue weighted by Gasteiger charge is 2.18. The van der Waals surface area contributed by atoms with Gasteiger partial charge in [-0.05, 0) is 54.7 Å². The van der Waals surface area contributed by atoms with E-state index >= 15 is 0 Å². The quantitative estimate of drug-likeness (QED) is 0.403. The van der Waals surface area contributed by atoms with Crippen molar-refractivity contribution in [1.82, 2.24) is 4.90 Å². The summed E-state index contributed by atoms with van der Waals surface area (Å²) in [6, 6.07) is 23.1. The Labute approximate surface area is 201 Å². The van der Waals surface area contributed by atoms with Crippen molar-refractivity contribution in [1.29, 1.82) is 0 Å². The minimum Gasteiger partial charge on any atom is -0.465 e. The van der Waals surface area contributed by atoms with E-state index in [1.54, 1.807) is 12.1 Å². The number of hydrogen-bond donors (Lipinski definition) is 2. The van der Waals surface area contributed by atoms with Gasteiger partial charge in [0, 0.05) is 30.9 Å². The summed E-state index contributed by atoms with van der Waals surface area (Å²) in [7, 11) is 1.98. The standard InChI is InChI=1S/C28H32N2O4/c1-20(2)29(3)26-17-24(13-14-25(26)19-31)22-11-9-21(10-12-22)15-16-30(28(33)34)18-27(32)23-7-5-4-6-8-23/h4-14,17,19-20,27,32H,15-16,18H2,1-3H3,(H,33,34)/t27-/m1/s1. The molecule has 1 atom stereocenters. The maximum absolute atomic E-state index is 11.7. The highest BCUT2D eigenvalue weighted by atomic mass is 16.4. The SMILES string of the molecule is CC(C)N(C)c1cc(-c2ccc(CCN(C[C@@H](O)c3ccccc3)C(=O)O)cc2)ccc1C=O. The molecule has 0 heterocycles. The summed E-state index contributed by atoms with van der Waals surface area (Å²) in [6.07, 6.45) is -0.500. The summed E-state index contributed by atoms with van der Waals surface area (Å²) in [5, 5.41) is 20.0. The summed E-state index contributed by atoms with van der Waals surface area (Å²) < 4.78 is 0.